The van der Waals surface area contributed by atoms with Gasteiger partial charge < -0.3 is 15.2 Å². The van der Waals surface area contributed by atoms with Gasteiger partial charge in [0.25, 0.3) is 5.91 Å². The Labute approximate surface area is 128 Å². The second-order valence-electron chi connectivity index (χ2n) is 5.09. The quantitative estimate of drug-likeness (QED) is 0.916. The van der Waals surface area contributed by atoms with E-state index < -0.39 is 0 Å². The van der Waals surface area contributed by atoms with Gasteiger partial charge in [-0.15, -0.1) is 0 Å². The van der Waals surface area contributed by atoms with Crippen LogP contribution in [0.1, 0.15) is 29.4 Å². The van der Waals surface area contributed by atoms with E-state index in [0.717, 1.165) is 25.9 Å². The van der Waals surface area contributed by atoms with Gasteiger partial charge in [0.1, 0.15) is 5.69 Å². The molecule has 2 aromatic rings. The molecule has 2 aromatic heterocycles. The summed E-state index contributed by atoms with van der Waals surface area (Å²) in [5.41, 5.74) is 1.18. The average Bonchev–Trinajstić information content (AvgIpc) is 3.00. The predicted molar refractivity (Wildman–Crippen MR) is 82.8 cm³/mol. The SMILES string of the molecule is O=C(Nc1cnccc1Cl)c1cccn1C1CCNCC1. The van der Waals surface area contributed by atoms with E-state index in [4.69, 9.17) is 11.6 Å². The standard InChI is InChI=1S/C15H17ClN4O/c16-12-5-8-18-10-13(12)19-15(21)14-2-1-9-20(14)11-3-6-17-7-4-11/h1-2,5,8-11,17H,3-4,6-7H2,(H,19,21). The number of piperidine rings is 1. The first-order valence-corrected chi connectivity index (χ1v) is 7.42. The molecule has 6 heteroatoms. The average molecular weight is 305 g/mol. The predicted octanol–water partition coefficient (Wildman–Crippen LogP) is 2.71. The van der Waals surface area contributed by atoms with Crippen LogP contribution in [0.3, 0.4) is 0 Å². The zero-order valence-electron chi connectivity index (χ0n) is 11.6. The molecule has 1 amide bonds. The van der Waals surface area contributed by atoms with Gasteiger partial charge in [-0.3, -0.25) is 9.78 Å². The van der Waals surface area contributed by atoms with Crippen LogP contribution in [0.5, 0.6) is 0 Å². The molecule has 0 aromatic carbocycles. The van der Waals surface area contributed by atoms with Gasteiger partial charge in [0.15, 0.2) is 0 Å². The van der Waals surface area contributed by atoms with Crippen molar-refractivity contribution in [3.05, 3.63) is 47.5 Å². The Hall–Kier alpha value is -1.85. The summed E-state index contributed by atoms with van der Waals surface area (Å²) in [6.45, 7) is 1.97. The van der Waals surface area contributed by atoms with Gasteiger partial charge in [0, 0.05) is 18.4 Å². The van der Waals surface area contributed by atoms with Gasteiger partial charge in [-0.2, -0.15) is 0 Å². The van der Waals surface area contributed by atoms with Gasteiger partial charge >= 0.3 is 0 Å². The van der Waals surface area contributed by atoms with Crippen molar-refractivity contribution < 1.29 is 4.79 Å². The Bertz CT molecular complexity index is 634. The molecular weight excluding hydrogens is 288 g/mol. The van der Waals surface area contributed by atoms with Gasteiger partial charge in [-0.25, -0.2) is 0 Å². The molecule has 0 bridgehead atoms. The maximum absolute atomic E-state index is 12.5. The first kappa shape index (κ1) is 14.1. The Morgan fingerprint density at radius 1 is 1.38 bits per heavy atom. The fraction of sp³-hybridized carbons (Fsp3) is 0.333. The number of amides is 1. The maximum atomic E-state index is 12.5. The van der Waals surface area contributed by atoms with Crippen LogP contribution in [0.4, 0.5) is 5.69 Å². The number of pyridine rings is 1. The van der Waals surface area contributed by atoms with Crippen molar-refractivity contribution >= 4 is 23.2 Å². The van der Waals surface area contributed by atoms with E-state index in [2.05, 4.69) is 20.2 Å². The Morgan fingerprint density at radius 2 is 2.19 bits per heavy atom. The lowest BCUT2D eigenvalue weighted by molar-refractivity contribution is 0.101. The maximum Gasteiger partial charge on any atom is 0.272 e. The molecule has 1 aliphatic rings. The van der Waals surface area contributed by atoms with Gasteiger partial charge in [-0.05, 0) is 44.1 Å². The minimum absolute atomic E-state index is 0.159. The highest BCUT2D eigenvalue weighted by atomic mass is 35.5. The lowest BCUT2D eigenvalue weighted by Crippen LogP contribution is -2.31. The third-order valence-corrected chi connectivity index (χ3v) is 4.06. The minimum atomic E-state index is -0.159. The number of halogens is 1. The van der Waals surface area contributed by atoms with Crippen molar-refractivity contribution in [1.82, 2.24) is 14.9 Å². The fourth-order valence-corrected chi connectivity index (χ4v) is 2.80. The summed E-state index contributed by atoms with van der Waals surface area (Å²) in [7, 11) is 0. The van der Waals surface area contributed by atoms with Crippen molar-refractivity contribution in [3.63, 3.8) is 0 Å². The Balaban J connectivity index is 1.79. The number of nitrogens with zero attached hydrogens (tertiary/aromatic N) is 2. The number of hydrogen-bond acceptors (Lipinski definition) is 3. The normalized spacial score (nSPS) is 15.9. The van der Waals surface area contributed by atoms with Crippen LogP contribution >= 0.6 is 11.6 Å². The summed E-state index contributed by atoms with van der Waals surface area (Å²) in [4.78, 5) is 16.4. The summed E-state index contributed by atoms with van der Waals surface area (Å²) < 4.78 is 2.06. The lowest BCUT2D eigenvalue weighted by atomic mass is 10.1. The van der Waals surface area contributed by atoms with Crippen LogP contribution in [0.2, 0.25) is 5.02 Å². The highest BCUT2D eigenvalue weighted by molar-refractivity contribution is 6.33. The largest absolute Gasteiger partial charge is 0.340 e. The van der Waals surface area contributed by atoms with Gasteiger partial charge in [-0.1, -0.05) is 11.6 Å². The highest BCUT2D eigenvalue weighted by Gasteiger charge is 2.20. The minimum Gasteiger partial charge on any atom is -0.340 e. The number of hydrogen-bond donors (Lipinski definition) is 2. The van der Waals surface area contributed by atoms with Crippen molar-refractivity contribution in [1.29, 1.82) is 0 Å². The van der Waals surface area contributed by atoms with Crippen molar-refractivity contribution in [2.45, 2.75) is 18.9 Å². The molecule has 0 radical (unpaired) electrons. The summed E-state index contributed by atoms with van der Waals surface area (Å²) in [6, 6.07) is 5.76. The molecular formula is C15H17ClN4O. The molecule has 3 heterocycles. The molecule has 0 spiro atoms. The van der Waals surface area contributed by atoms with E-state index in [0.29, 0.717) is 22.4 Å². The zero-order chi connectivity index (χ0) is 14.7. The van der Waals surface area contributed by atoms with Crippen LogP contribution in [0.15, 0.2) is 36.8 Å². The smallest absolute Gasteiger partial charge is 0.272 e. The number of carbonyl (C=O) groups is 1. The van der Waals surface area contributed by atoms with Gasteiger partial charge in [0.2, 0.25) is 0 Å². The molecule has 0 aliphatic carbocycles. The van der Waals surface area contributed by atoms with E-state index in [-0.39, 0.29) is 5.91 Å². The third kappa shape index (κ3) is 3.09. The van der Waals surface area contributed by atoms with Crippen LogP contribution in [0, 0.1) is 0 Å². The number of nitrogens with one attached hydrogen (secondary N) is 2. The summed E-state index contributed by atoms with van der Waals surface area (Å²) in [5, 5.41) is 6.64. The third-order valence-electron chi connectivity index (χ3n) is 3.73. The zero-order valence-corrected chi connectivity index (χ0v) is 12.3. The molecule has 110 valence electrons. The topological polar surface area (TPSA) is 59.0 Å². The van der Waals surface area contributed by atoms with Gasteiger partial charge in [0.05, 0.1) is 16.9 Å². The monoisotopic (exact) mass is 304 g/mol. The van der Waals surface area contributed by atoms with E-state index in [1.807, 2.05) is 18.3 Å². The number of aromatic nitrogens is 2. The molecule has 0 saturated carbocycles. The molecule has 2 N–H and O–H groups in total. The molecule has 3 rings (SSSR count). The number of carbonyl (C=O) groups excluding carboxylic acids is 1. The summed E-state index contributed by atoms with van der Waals surface area (Å²) in [6.07, 6.45) is 7.18. The van der Waals surface area contributed by atoms with Crippen molar-refractivity contribution in [2.24, 2.45) is 0 Å². The molecule has 0 atom stereocenters. The fourth-order valence-electron chi connectivity index (χ4n) is 2.65. The van der Waals surface area contributed by atoms with Crippen molar-refractivity contribution in [3.8, 4) is 0 Å². The Kier molecular flexibility index (Phi) is 4.22. The first-order valence-electron chi connectivity index (χ1n) is 7.04. The second-order valence-corrected chi connectivity index (χ2v) is 5.50. The Morgan fingerprint density at radius 3 is 2.95 bits per heavy atom. The summed E-state index contributed by atoms with van der Waals surface area (Å²) >= 11 is 6.05. The molecule has 1 fully saturated rings. The van der Waals surface area contributed by atoms with Crippen LogP contribution in [0.25, 0.3) is 0 Å². The lowest BCUT2D eigenvalue weighted by Gasteiger charge is -2.25. The molecule has 21 heavy (non-hydrogen) atoms. The van der Waals surface area contributed by atoms with E-state index in [9.17, 15) is 4.79 Å². The van der Waals surface area contributed by atoms with E-state index in [1.165, 1.54) is 0 Å². The molecule has 1 saturated heterocycles. The van der Waals surface area contributed by atoms with E-state index in [1.54, 1.807) is 18.5 Å². The number of rotatable bonds is 3. The molecule has 5 nitrogen and oxygen atoms in total. The van der Waals surface area contributed by atoms with E-state index >= 15 is 0 Å². The highest BCUT2D eigenvalue weighted by Crippen LogP contribution is 2.23. The van der Waals surface area contributed by atoms with Crippen molar-refractivity contribution in [2.75, 3.05) is 18.4 Å². The van der Waals surface area contributed by atoms with Crippen LogP contribution in [-0.2, 0) is 0 Å². The summed E-state index contributed by atoms with van der Waals surface area (Å²) in [5.74, 6) is -0.159. The van der Waals surface area contributed by atoms with Crippen LogP contribution < -0.4 is 10.6 Å². The van der Waals surface area contributed by atoms with Crippen LogP contribution in [-0.4, -0.2) is 28.5 Å². The molecule has 0 unspecified atom stereocenters. The molecule has 1 aliphatic heterocycles. The second kappa shape index (κ2) is 6.28. The first-order chi connectivity index (χ1) is 10.3. The number of anilines is 1.